The van der Waals surface area contributed by atoms with Gasteiger partial charge in [0.2, 0.25) is 5.91 Å². The minimum absolute atomic E-state index is 0.0918. The average molecular weight is 445 g/mol. The standard InChI is InChI=1S/C22H25ClN4O2S/c1-15-7-6-8-17(13-15)21-25-26-22(27(21)11-12-29-3)30-14-20(28)24-16(2)18-9-4-5-10-19(18)23/h4-10,13,16H,11-12,14H2,1-3H3,(H,24,28). The molecular weight excluding hydrogens is 420 g/mol. The molecule has 0 fully saturated rings. The number of halogens is 1. The largest absolute Gasteiger partial charge is 0.383 e. The number of hydrogen-bond donors (Lipinski definition) is 1. The van der Waals surface area contributed by atoms with Gasteiger partial charge in [0, 0.05) is 17.7 Å². The highest BCUT2D eigenvalue weighted by atomic mass is 35.5. The number of amides is 1. The van der Waals surface area contributed by atoms with E-state index in [2.05, 4.69) is 21.6 Å². The molecule has 0 saturated carbocycles. The Balaban J connectivity index is 1.70. The quantitative estimate of drug-likeness (QED) is 0.491. The lowest BCUT2D eigenvalue weighted by atomic mass is 10.1. The first kappa shape index (κ1) is 22.3. The minimum atomic E-state index is -0.180. The number of nitrogens with one attached hydrogen (secondary N) is 1. The Morgan fingerprint density at radius 1 is 1.23 bits per heavy atom. The van der Waals surface area contributed by atoms with Gasteiger partial charge >= 0.3 is 0 Å². The zero-order valence-electron chi connectivity index (χ0n) is 17.3. The van der Waals surface area contributed by atoms with Crippen molar-refractivity contribution in [2.45, 2.75) is 31.6 Å². The summed E-state index contributed by atoms with van der Waals surface area (Å²) in [6, 6.07) is 15.4. The van der Waals surface area contributed by atoms with Crippen molar-refractivity contribution in [3.8, 4) is 11.4 Å². The average Bonchev–Trinajstić information content (AvgIpc) is 3.13. The van der Waals surface area contributed by atoms with E-state index in [1.165, 1.54) is 11.8 Å². The molecule has 6 nitrogen and oxygen atoms in total. The van der Waals surface area contributed by atoms with Gasteiger partial charge < -0.3 is 10.1 Å². The van der Waals surface area contributed by atoms with Crippen molar-refractivity contribution < 1.29 is 9.53 Å². The zero-order valence-corrected chi connectivity index (χ0v) is 18.8. The first-order chi connectivity index (χ1) is 14.5. The van der Waals surface area contributed by atoms with E-state index in [1.807, 2.05) is 60.9 Å². The van der Waals surface area contributed by atoms with Crippen molar-refractivity contribution in [1.29, 1.82) is 0 Å². The number of carbonyl (C=O) groups is 1. The fourth-order valence-corrected chi connectivity index (χ4v) is 4.17. The Morgan fingerprint density at radius 2 is 2.03 bits per heavy atom. The van der Waals surface area contributed by atoms with E-state index in [9.17, 15) is 4.79 Å². The Morgan fingerprint density at radius 3 is 2.77 bits per heavy atom. The Labute approximate surface area is 186 Å². The van der Waals surface area contributed by atoms with Crippen molar-refractivity contribution in [3.63, 3.8) is 0 Å². The topological polar surface area (TPSA) is 69.0 Å². The second-order valence-electron chi connectivity index (χ2n) is 6.92. The normalized spacial score (nSPS) is 12.0. The summed E-state index contributed by atoms with van der Waals surface area (Å²) in [6.07, 6.45) is 0. The van der Waals surface area contributed by atoms with Gasteiger partial charge in [-0.25, -0.2) is 0 Å². The van der Waals surface area contributed by atoms with Crippen LogP contribution in [0.5, 0.6) is 0 Å². The van der Waals surface area contributed by atoms with Crippen LogP contribution in [-0.2, 0) is 16.1 Å². The highest BCUT2D eigenvalue weighted by Crippen LogP contribution is 2.25. The highest BCUT2D eigenvalue weighted by molar-refractivity contribution is 7.99. The van der Waals surface area contributed by atoms with Gasteiger partial charge in [0.15, 0.2) is 11.0 Å². The lowest BCUT2D eigenvalue weighted by molar-refractivity contribution is -0.119. The molecule has 1 unspecified atom stereocenters. The minimum Gasteiger partial charge on any atom is -0.383 e. The van der Waals surface area contributed by atoms with Crippen molar-refractivity contribution in [3.05, 3.63) is 64.7 Å². The van der Waals surface area contributed by atoms with E-state index in [1.54, 1.807) is 7.11 Å². The van der Waals surface area contributed by atoms with Crippen molar-refractivity contribution >= 4 is 29.3 Å². The molecule has 1 amide bonds. The number of thioether (sulfide) groups is 1. The Hall–Kier alpha value is -2.35. The van der Waals surface area contributed by atoms with Crippen molar-refractivity contribution in [1.82, 2.24) is 20.1 Å². The lowest BCUT2D eigenvalue weighted by Gasteiger charge is -2.15. The molecule has 0 aliphatic rings. The van der Waals surface area contributed by atoms with Gasteiger partial charge in [-0.05, 0) is 31.5 Å². The second kappa shape index (κ2) is 10.6. The van der Waals surface area contributed by atoms with E-state index in [4.69, 9.17) is 16.3 Å². The van der Waals surface area contributed by atoms with Crippen LogP contribution in [0.1, 0.15) is 24.1 Å². The van der Waals surface area contributed by atoms with Crippen LogP contribution in [0.3, 0.4) is 0 Å². The number of methoxy groups -OCH3 is 1. The highest BCUT2D eigenvalue weighted by Gasteiger charge is 2.17. The molecule has 0 aliphatic carbocycles. The number of benzene rings is 2. The molecule has 1 aromatic heterocycles. The third kappa shape index (κ3) is 5.62. The molecule has 2 aromatic carbocycles. The van der Waals surface area contributed by atoms with Crippen LogP contribution in [-0.4, -0.2) is 40.1 Å². The molecule has 30 heavy (non-hydrogen) atoms. The van der Waals surface area contributed by atoms with Gasteiger partial charge in [0.05, 0.1) is 24.9 Å². The van der Waals surface area contributed by atoms with Crippen molar-refractivity contribution in [2.75, 3.05) is 19.5 Å². The number of nitrogens with zero attached hydrogens (tertiary/aromatic N) is 3. The molecule has 3 aromatic rings. The molecule has 1 atom stereocenters. The maximum absolute atomic E-state index is 12.5. The Kier molecular flexibility index (Phi) is 7.90. The molecule has 3 rings (SSSR count). The van der Waals surface area contributed by atoms with E-state index in [0.717, 1.165) is 22.5 Å². The van der Waals surface area contributed by atoms with Crippen LogP contribution in [0.4, 0.5) is 0 Å². The van der Waals surface area contributed by atoms with Crippen LogP contribution in [0.2, 0.25) is 5.02 Å². The van der Waals surface area contributed by atoms with E-state index >= 15 is 0 Å². The zero-order chi connectivity index (χ0) is 21.5. The van der Waals surface area contributed by atoms with E-state index in [0.29, 0.717) is 23.3 Å². The van der Waals surface area contributed by atoms with Gasteiger partial charge in [-0.3, -0.25) is 9.36 Å². The van der Waals surface area contributed by atoms with Gasteiger partial charge in [0.1, 0.15) is 0 Å². The maximum atomic E-state index is 12.5. The summed E-state index contributed by atoms with van der Waals surface area (Å²) in [5.74, 6) is 0.905. The molecule has 0 bridgehead atoms. The van der Waals surface area contributed by atoms with Crippen LogP contribution < -0.4 is 5.32 Å². The summed E-state index contributed by atoms with van der Waals surface area (Å²) < 4.78 is 7.24. The van der Waals surface area contributed by atoms with Crippen LogP contribution in [0.15, 0.2) is 53.7 Å². The van der Waals surface area contributed by atoms with Gasteiger partial charge in [-0.2, -0.15) is 0 Å². The molecule has 1 N–H and O–H groups in total. The molecular formula is C22H25ClN4O2S. The third-order valence-electron chi connectivity index (χ3n) is 4.59. The van der Waals surface area contributed by atoms with Gasteiger partial charge in [0.25, 0.3) is 0 Å². The number of carbonyl (C=O) groups excluding carboxylic acids is 1. The number of ether oxygens (including phenoxy) is 1. The Bertz CT molecular complexity index is 1010. The number of hydrogen-bond acceptors (Lipinski definition) is 5. The molecule has 8 heteroatoms. The lowest BCUT2D eigenvalue weighted by Crippen LogP contribution is -2.28. The fraction of sp³-hybridized carbons (Fsp3) is 0.318. The monoisotopic (exact) mass is 444 g/mol. The molecule has 0 aliphatic heterocycles. The molecule has 158 valence electrons. The van der Waals surface area contributed by atoms with Gasteiger partial charge in [-0.1, -0.05) is 65.3 Å². The van der Waals surface area contributed by atoms with E-state index < -0.39 is 0 Å². The number of aryl methyl sites for hydroxylation is 1. The van der Waals surface area contributed by atoms with Crippen LogP contribution in [0, 0.1) is 6.92 Å². The predicted molar refractivity (Wildman–Crippen MR) is 121 cm³/mol. The summed E-state index contributed by atoms with van der Waals surface area (Å²) in [4.78, 5) is 12.5. The molecule has 0 radical (unpaired) electrons. The molecule has 1 heterocycles. The van der Waals surface area contributed by atoms with E-state index in [-0.39, 0.29) is 17.7 Å². The van der Waals surface area contributed by atoms with Crippen molar-refractivity contribution in [2.24, 2.45) is 0 Å². The predicted octanol–water partition coefficient (Wildman–Crippen LogP) is 4.52. The fourth-order valence-electron chi connectivity index (χ4n) is 3.09. The molecule has 0 spiro atoms. The van der Waals surface area contributed by atoms with Gasteiger partial charge in [-0.15, -0.1) is 10.2 Å². The number of rotatable bonds is 9. The SMILES string of the molecule is COCCn1c(SCC(=O)NC(C)c2ccccc2Cl)nnc1-c1cccc(C)c1. The first-order valence-corrected chi connectivity index (χ1v) is 11.0. The number of aromatic nitrogens is 3. The smallest absolute Gasteiger partial charge is 0.230 e. The summed E-state index contributed by atoms with van der Waals surface area (Å²) >= 11 is 7.58. The second-order valence-corrected chi connectivity index (χ2v) is 8.27. The first-order valence-electron chi connectivity index (χ1n) is 9.65. The molecule has 0 saturated heterocycles. The summed E-state index contributed by atoms with van der Waals surface area (Å²) in [5.41, 5.74) is 3.03. The maximum Gasteiger partial charge on any atom is 0.230 e. The summed E-state index contributed by atoms with van der Waals surface area (Å²) in [5, 5.41) is 13.0. The summed E-state index contributed by atoms with van der Waals surface area (Å²) in [7, 11) is 1.66. The van der Waals surface area contributed by atoms with Crippen LogP contribution in [0.25, 0.3) is 11.4 Å². The third-order valence-corrected chi connectivity index (χ3v) is 5.90. The van der Waals surface area contributed by atoms with Crippen LogP contribution >= 0.6 is 23.4 Å². The summed E-state index contributed by atoms with van der Waals surface area (Å²) in [6.45, 7) is 5.09.